The summed E-state index contributed by atoms with van der Waals surface area (Å²) in [6, 6.07) is 5.70. The van der Waals surface area contributed by atoms with Crippen LogP contribution in [0.15, 0.2) is 18.2 Å². The highest BCUT2D eigenvalue weighted by molar-refractivity contribution is 6.30. The quantitative estimate of drug-likeness (QED) is 0.927. The van der Waals surface area contributed by atoms with Crippen LogP contribution in [0.5, 0.6) is 5.75 Å². The van der Waals surface area contributed by atoms with E-state index in [9.17, 15) is 5.11 Å². The van der Waals surface area contributed by atoms with Crippen LogP contribution in [0.4, 0.5) is 0 Å². The zero-order valence-corrected chi connectivity index (χ0v) is 12.9. The van der Waals surface area contributed by atoms with E-state index in [2.05, 4.69) is 18.7 Å². The molecule has 1 N–H and O–H groups in total. The molecule has 112 valence electrons. The summed E-state index contributed by atoms with van der Waals surface area (Å²) in [5.74, 6) is 0.632. The van der Waals surface area contributed by atoms with E-state index in [4.69, 9.17) is 21.1 Å². The van der Waals surface area contributed by atoms with Gasteiger partial charge in [-0.1, -0.05) is 11.6 Å². The molecule has 0 saturated carbocycles. The maximum absolute atomic E-state index is 10.6. The number of benzene rings is 1. The molecule has 2 atom stereocenters. The zero-order chi connectivity index (χ0) is 14.7. The van der Waals surface area contributed by atoms with Crippen LogP contribution >= 0.6 is 11.6 Å². The van der Waals surface area contributed by atoms with E-state index in [0.717, 1.165) is 6.54 Å². The van der Waals surface area contributed by atoms with Crippen molar-refractivity contribution in [3.8, 4) is 5.75 Å². The molecule has 0 spiro atoms. The Kier molecular flexibility index (Phi) is 5.27. The highest BCUT2D eigenvalue weighted by Gasteiger charge is 2.30. The van der Waals surface area contributed by atoms with E-state index in [0.29, 0.717) is 35.5 Å². The lowest BCUT2D eigenvalue weighted by Gasteiger charge is -2.37. The number of morpholine rings is 1. The van der Waals surface area contributed by atoms with Gasteiger partial charge < -0.3 is 14.6 Å². The third kappa shape index (κ3) is 3.44. The van der Waals surface area contributed by atoms with Crippen molar-refractivity contribution in [1.82, 2.24) is 4.90 Å². The summed E-state index contributed by atoms with van der Waals surface area (Å²) in [5, 5.41) is 11.2. The van der Waals surface area contributed by atoms with Gasteiger partial charge in [-0.2, -0.15) is 0 Å². The van der Waals surface area contributed by atoms with E-state index in [1.54, 1.807) is 25.3 Å². The largest absolute Gasteiger partial charge is 0.496 e. The van der Waals surface area contributed by atoms with Crippen LogP contribution in [0.1, 0.15) is 25.5 Å². The first-order valence-electron chi connectivity index (χ1n) is 6.90. The summed E-state index contributed by atoms with van der Waals surface area (Å²) in [6.45, 7) is 6.52. The van der Waals surface area contributed by atoms with Gasteiger partial charge in [0.15, 0.2) is 0 Å². The minimum atomic E-state index is -0.745. The summed E-state index contributed by atoms with van der Waals surface area (Å²) < 4.78 is 11.0. The molecule has 4 nitrogen and oxygen atoms in total. The second kappa shape index (κ2) is 6.76. The fourth-order valence-corrected chi connectivity index (χ4v) is 2.67. The smallest absolute Gasteiger partial charge is 0.124 e. The Hall–Kier alpha value is -0.810. The summed E-state index contributed by atoms with van der Waals surface area (Å²) in [5.41, 5.74) is 0.676. The number of ether oxygens (including phenoxy) is 2. The van der Waals surface area contributed by atoms with Gasteiger partial charge >= 0.3 is 0 Å². The molecule has 0 aromatic heterocycles. The Bertz CT molecular complexity index is 453. The number of hydrogen-bond donors (Lipinski definition) is 1. The predicted octanol–water partition coefficient (Wildman–Crippen LogP) is 2.49. The van der Waals surface area contributed by atoms with Crippen molar-refractivity contribution in [2.45, 2.75) is 32.1 Å². The zero-order valence-electron chi connectivity index (χ0n) is 12.2. The van der Waals surface area contributed by atoms with Crippen molar-refractivity contribution >= 4 is 11.6 Å². The van der Waals surface area contributed by atoms with Crippen molar-refractivity contribution in [3.63, 3.8) is 0 Å². The van der Waals surface area contributed by atoms with Gasteiger partial charge in [-0.05, 0) is 32.0 Å². The van der Waals surface area contributed by atoms with Gasteiger partial charge in [0.05, 0.1) is 13.7 Å². The third-order valence-corrected chi connectivity index (χ3v) is 3.95. The van der Waals surface area contributed by atoms with Gasteiger partial charge in [-0.25, -0.2) is 0 Å². The number of nitrogens with zero attached hydrogens (tertiary/aromatic N) is 1. The number of aliphatic hydroxyl groups is 1. The predicted molar refractivity (Wildman–Crippen MR) is 79.4 cm³/mol. The van der Waals surface area contributed by atoms with Crippen LogP contribution < -0.4 is 4.74 Å². The molecule has 1 saturated heterocycles. The van der Waals surface area contributed by atoms with Crippen LogP contribution in [-0.4, -0.2) is 49.0 Å². The van der Waals surface area contributed by atoms with Crippen LogP contribution in [-0.2, 0) is 4.74 Å². The third-order valence-electron chi connectivity index (χ3n) is 3.72. The molecule has 1 aliphatic rings. The van der Waals surface area contributed by atoms with Gasteiger partial charge in [0.2, 0.25) is 0 Å². The van der Waals surface area contributed by atoms with Crippen molar-refractivity contribution in [3.05, 3.63) is 28.8 Å². The molecule has 0 amide bonds. The van der Waals surface area contributed by atoms with E-state index in [1.807, 2.05) is 0 Å². The Morgan fingerprint density at radius 2 is 2.20 bits per heavy atom. The normalized spacial score (nSPS) is 22.0. The van der Waals surface area contributed by atoms with Gasteiger partial charge in [0, 0.05) is 29.7 Å². The van der Waals surface area contributed by atoms with Crippen LogP contribution in [0.25, 0.3) is 0 Å². The number of hydrogen-bond acceptors (Lipinski definition) is 4. The first-order chi connectivity index (χ1) is 9.52. The van der Waals surface area contributed by atoms with Gasteiger partial charge in [0.25, 0.3) is 0 Å². The Labute approximate surface area is 125 Å². The second-order valence-electron chi connectivity index (χ2n) is 5.33. The van der Waals surface area contributed by atoms with Gasteiger partial charge in [-0.15, -0.1) is 0 Å². The van der Waals surface area contributed by atoms with E-state index >= 15 is 0 Å². The first-order valence-corrected chi connectivity index (χ1v) is 7.28. The minimum absolute atomic E-state index is 0.265. The molecule has 0 bridgehead atoms. The average molecular weight is 300 g/mol. The summed E-state index contributed by atoms with van der Waals surface area (Å²) in [7, 11) is 1.58. The van der Waals surface area contributed by atoms with Crippen molar-refractivity contribution in [2.24, 2.45) is 0 Å². The van der Waals surface area contributed by atoms with Crippen molar-refractivity contribution < 1.29 is 14.6 Å². The standard InChI is InChI=1S/C15H22ClNO3/c1-10(2)17-6-7-20-14(9-17)15(18)12-8-11(16)4-5-13(12)19-3/h4-5,8,10,14-15,18H,6-7,9H2,1-3H3. The summed E-state index contributed by atoms with van der Waals surface area (Å²) >= 11 is 6.02. The number of halogens is 1. The first kappa shape index (κ1) is 15.6. The molecule has 1 aliphatic heterocycles. The van der Waals surface area contributed by atoms with Crippen molar-refractivity contribution in [2.75, 3.05) is 26.8 Å². The maximum atomic E-state index is 10.6. The van der Waals surface area contributed by atoms with Crippen molar-refractivity contribution in [1.29, 1.82) is 0 Å². The Morgan fingerprint density at radius 1 is 1.45 bits per heavy atom. The molecular formula is C15H22ClNO3. The SMILES string of the molecule is COc1ccc(Cl)cc1C(O)C1CN(C(C)C)CCO1. The number of aliphatic hydroxyl groups excluding tert-OH is 1. The topological polar surface area (TPSA) is 41.9 Å². The highest BCUT2D eigenvalue weighted by atomic mass is 35.5. The van der Waals surface area contributed by atoms with E-state index in [-0.39, 0.29) is 6.10 Å². The molecule has 0 aliphatic carbocycles. The molecule has 5 heteroatoms. The molecule has 2 unspecified atom stereocenters. The fraction of sp³-hybridized carbons (Fsp3) is 0.600. The maximum Gasteiger partial charge on any atom is 0.124 e. The molecule has 20 heavy (non-hydrogen) atoms. The van der Waals surface area contributed by atoms with E-state index < -0.39 is 6.10 Å². The molecular weight excluding hydrogens is 278 g/mol. The number of rotatable bonds is 4. The minimum Gasteiger partial charge on any atom is -0.496 e. The fourth-order valence-electron chi connectivity index (χ4n) is 2.49. The summed E-state index contributed by atoms with van der Waals surface area (Å²) in [4.78, 5) is 2.30. The van der Waals surface area contributed by atoms with Gasteiger partial charge in [-0.3, -0.25) is 4.90 Å². The monoisotopic (exact) mass is 299 g/mol. The highest BCUT2D eigenvalue weighted by Crippen LogP contribution is 2.32. The second-order valence-corrected chi connectivity index (χ2v) is 5.77. The van der Waals surface area contributed by atoms with Crippen LogP contribution in [0.2, 0.25) is 5.02 Å². The summed E-state index contributed by atoms with van der Waals surface area (Å²) in [6.07, 6.45) is -1.01. The lowest BCUT2D eigenvalue weighted by atomic mass is 10.0. The molecule has 1 aromatic rings. The van der Waals surface area contributed by atoms with Gasteiger partial charge in [0.1, 0.15) is 18.0 Å². The molecule has 0 radical (unpaired) electrons. The molecule has 1 heterocycles. The Morgan fingerprint density at radius 3 is 2.85 bits per heavy atom. The van der Waals surface area contributed by atoms with Crippen LogP contribution in [0, 0.1) is 0 Å². The average Bonchev–Trinajstić information content (AvgIpc) is 2.46. The molecule has 1 aromatic carbocycles. The van der Waals surface area contributed by atoms with E-state index in [1.165, 1.54) is 0 Å². The lowest BCUT2D eigenvalue weighted by Crippen LogP contribution is -2.47. The number of methoxy groups -OCH3 is 1. The lowest BCUT2D eigenvalue weighted by molar-refractivity contribution is -0.0965. The van der Waals surface area contributed by atoms with Crippen LogP contribution in [0.3, 0.4) is 0 Å². The molecule has 2 rings (SSSR count). The molecule has 1 fully saturated rings. The Balaban J connectivity index is 2.18.